The Labute approximate surface area is 146 Å². The zero-order valence-corrected chi connectivity index (χ0v) is 14.5. The minimum absolute atomic E-state index is 0.109. The van der Waals surface area contributed by atoms with Crippen LogP contribution in [0.15, 0.2) is 43.0 Å². The van der Waals surface area contributed by atoms with Crippen LogP contribution in [0.5, 0.6) is 0 Å². The molecule has 1 heterocycles. The Bertz CT molecular complexity index is 747. The van der Waals surface area contributed by atoms with Gasteiger partial charge in [0.1, 0.15) is 6.61 Å². The smallest absolute Gasteiger partial charge is 0.217 e. The van der Waals surface area contributed by atoms with Crippen LogP contribution in [0.2, 0.25) is 5.02 Å². The topological polar surface area (TPSA) is 63.2 Å². The van der Waals surface area contributed by atoms with Gasteiger partial charge in [-0.15, -0.1) is 0 Å². The van der Waals surface area contributed by atoms with Crippen LogP contribution in [0.25, 0.3) is 5.70 Å². The summed E-state index contributed by atoms with van der Waals surface area (Å²) >= 11 is 6.14. The van der Waals surface area contributed by atoms with Crippen LogP contribution in [0.3, 0.4) is 0 Å². The monoisotopic (exact) mass is 345 g/mol. The Morgan fingerprint density at radius 3 is 2.83 bits per heavy atom. The Morgan fingerprint density at radius 2 is 2.12 bits per heavy atom. The van der Waals surface area contributed by atoms with Crippen molar-refractivity contribution < 1.29 is 9.63 Å². The maximum absolute atomic E-state index is 11.0. The highest BCUT2D eigenvalue weighted by Crippen LogP contribution is 2.20. The molecular weight excluding hydrogens is 326 g/mol. The molecule has 0 radical (unpaired) electrons. The number of aromatic nitrogens is 1. The van der Waals surface area contributed by atoms with Crippen LogP contribution in [0.1, 0.15) is 29.4 Å². The van der Waals surface area contributed by atoms with Crippen LogP contribution in [-0.2, 0) is 22.8 Å². The molecule has 0 atom stereocenters. The van der Waals surface area contributed by atoms with E-state index in [9.17, 15) is 4.79 Å². The molecule has 0 unspecified atom stereocenters. The van der Waals surface area contributed by atoms with E-state index in [2.05, 4.69) is 22.4 Å². The first kappa shape index (κ1) is 18.0. The van der Waals surface area contributed by atoms with Gasteiger partial charge in [-0.3, -0.25) is 20.1 Å². The van der Waals surface area contributed by atoms with Crippen molar-refractivity contribution in [3.8, 4) is 0 Å². The number of carbonyl (C=O) groups is 1. The lowest BCUT2D eigenvalue weighted by Gasteiger charge is -2.12. The van der Waals surface area contributed by atoms with Gasteiger partial charge < -0.3 is 5.32 Å². The van der Waals surface area contributed by atoms with Gasteiger partial charge in [0.25, 0.3) is 0 Å². The van der Waals surface area contributed by atoms with Crippen LogP contribution in [0.4, 0.5) is 0 Å². The maximum atomic E-state index is 11.0. The molecule has 0 spiro atoms. The quantitative estimate of drug-likeness (QED) is 0.755. The number of hydrogen-bond acceptors (Lipinski definition) is 4. The van der Waals surface area contributed by atoms with Crippen LogP contribution in [-0.4, -0.2) is 10.9 Å². The highest BCUT2D eigenvalue weighted by molar-refractivity contribution is 6.31. The fourth-order valence-electron chi connectivity index (χ4n) is 2.05. The lowest BCUT2D eigenvalue weighted by atomic mass is 10.1. The number of nitrogens with one attached hydrogen (secondary N) is 2. The predicted molar refractivity (Wildman–Crippen MR) is 94.9 cm³/mol. The summed E-state index contributed by atoms with van der Waals surface area (Å²) in [6.45, 7) is 8.04. The zero-order valence-electron chi connectivity index (χ0n) is 13.7. The van der Waals surface area contributed by atoms with Crippen molar-refractivity contribution in [1.82, 2.24) is 15.8 Å². The second kappa shape index (κ2) is 8.47. The summed E-state index contributed by atoms with van der Waals surface area (Å²) < 4.78 is 0. The Morgan fingerprint density at radius 1 is 1.33 bits per heavy atom. The van der Waals surface area contributed by atoms with E-state index >= 15 is 0 Å². The summed E-state index contributed by atoms with van der Waals surface area (Å²) in [7, 11) is 0. The summed E-state index contributed by atoms with van der Waals surface area (Å²) in [5.41, 5.74) is 6.83. The zero-order chi connectivity index (χ0) is 17.5. The van der Waals surface area contributed by atoms with Gasteiger partial charge >= 0.3 is 0 Å². The van der Waals surface area contributed by atoms with Gasteiger partial charge in [-0.1, -0.05) is 30.3 Å². The lowest BCUT2D eigenvalue weighted by molar-refractivity contribution is -0.119. The third-order valence-corrected chi connectivity index (χ3v) is 3.65. The molecule has 24 heavy (non-hydrogen) atoms. The van der Waals surface area contributed by atoms with Crippen molar-refractivity contribution in [1.29, 1.82) is 0 Å². The summed E-state index contributed by atoms with van der Waals surface area (Å²) in [5.74, 6) is -0.109. The van der Waals surface area contributed by atoms with Crippen molar-refractivity contribution in [2.75, 3.05) is 0 Å². The predicted octanol–water partition coefficient (Wildman–Crippen LogP) is 3.37. The maximum Gasteiger partial charge on any atom is 0.217 e. The molecule has 0 aliphatic heterocycles. The number of hydrogen-bond donors (Lipinski definition) is 2. The third kappa shape index (κ3) is 5.37. The van der Waals surface area contributed by atoms with E-state index in [0.29, 0.717) is 23.9 Å². The first-order valence-electron chi connectivity index (χ1n) is 7.48. The van der Waals surface area contributed by atoms with E-state index in [-0.39, 0.29) is 5.91 Å². The van der Waals surface area contributed by atoms with E-state index in [1.807, 2.05) is 37.3 Å². The van der Waals surface area contributed by atoms with E-state index in [4.69, 9.17) is 16.4 Å². The summed E-state index contributed by atoms with van der Waals surface area (Å²) in [5, 5.41) is 3.31. The fourth-order valence-corrected chi connectivity index (χ4v) is 2.24. The van der Waals surface area contributed by atoms with Crippen molar-refractivity contribution in [3.05, 3.63) is 70.5 Å². The molecule has 0 aliphatic rings. The lowest BCUT2D eigenvalue weighted by Crippen LogP contribution is -2.19. The number of amides is 1. The molecule has 2 rings (SSSR count). The fraction of sp³-hybridized carbons (Fsp3) is 0.222. The Kier molecular flexibility index (Phi) is 6.35. The molecule has 6 heteroatoms. The highest BCUT2D eigenvalue weighted by Gasteiger charge is 2.06. The first-order chi connectivity index (χ1) is 11.5. The second-order valence-electron chi connectivity index (χ2n) is 5.36. The van der Waals surface area contributed by atoms with E-state index < -0.39 is 0 Å². The van der Waals surface area contributed by atoms with Crippen LogP contribution in [0, 0.1) is 6.92 Å². The normalized spacial score (nSPS) is 10.3. The molecule has 0 saturated heterocycles. The highest BCUT2D eigenvalue weighted by atomic mass is 35.5. The summed E-state index contributed by atoms with van der Waals surface area (Å²) in [6.07, 6.45) is 0. The molecule has 0 saturated carbocycles. The van der Waals surface area contributed by atoms with Gasteiger partial charge in [-0.2, -0.15) is 0 Å². The Hall–Kier alpha value is -2.37. The number of aryl methyl sites for hydroxylation is 1. The van der Waals surface area contributed by atoms with Gasteiger partial charge in [0.2, 0.25) is 5.91 Å². The van der Waals surface area contributed by atoms with Gasteiger partial charge in [-0.25, -0.2) is 0 Å². The van der Waals surface area contributed by atoms with Gasteiger partial charge in [0.05, 0.1) is 11.4 Å². The molecular formula is C18H20ClN3O2. The molecule has 1 amide bonds. The average molecular weight is 346 g/mol. The second-order valence-corrected chi connectivity index (χ2v) is 5.76. The third-order valence-electron chi connectivity index (χ3n) is 3.28. The number of rotatable bonds is 7. The van der Waals surface area contributed by atoms with E-state index in [1.54, 1.807) is 6.07 Å². The molecule has 2 N–H and O–H groups in total. The molecule has 126 valence electrons. The van der Waals surface area contributed by atoms with Crippen LogP contribution >= 0.6 is 11.6 Å². The van der Waals surface area contributed by atoms with Crippen molar-refractivity contribution in [3.63, 3.8) is 0 Å². The number of carbonyl (C=O) groups excluding carboxylic acids is 1. The Balaban J connectivity index is 1.94. The minimum atomic E-state index is -0.109. The van der Waals surface area contributed by atoms with Crippen LogP contribution < -0.4 is 10.8 Å². The number of pyridine rings is 1. The van der Waals surface area contributed by atoms with Crippen molar-refractivity contribution in [2.45, 2.75) is 27.0 Å². The SMILES string of the molecule is C=C(NOCc1cccc(C)n1)c1ccc(Cl)c(CNC(C)=O)c1. The minimum Gasteiger partial charge on any atom is -0.352 e. The number of hydroxylamine groups is 1. The summed E-state index contributed by atoms with van der Waals surface area (Å²) in [4.78, 5) is 20.8. The van der Waals surface area contributed by atoms with E-state index in [0.717, 1.165) is 22.5 Å². The molecule has 0 aliphatic carbocycles. The standard InChI is InChI=1S/C18H20ClN3O2/c1-12-5-4-6-17(21-12)11-24-22-13(2)15-7-8-18(19)16(9-15)10-20-14(3)23/h4-9,22H,2,10-11H2,1,3H3,(H,20,23). The molecule has 0 bridgehead atoms. The number of halogens is 1. The number of benzene rings is 1. The van der Waals surface area contributed by atoms with Gasteiger partial charge in [0.15, 0.2) is 0 Å². The van der Waals surface area contributed by atoms with Gasteiger partial charge in [-0.05, 0) is 42.3 Å². The first-order valence-corrected chi connectivity index (χ1v) is 7.86. The summed E-state index contributed by atoms with van der Waals surface area (Å²) in [6, 6.07) is 11.2. The number of nitrogens with zero attached hydrogens (tertiary/aromatic N) is 1. The molecule has 2 aromatic rings. The molecule has 1 aromatic heterocycles. The van der Waals surface area contributed by atoms with Crippen molar-refractivity contribution in [2.24, 2.45) is 0 Å². The largest absolute Gasteiger partial charge is 0.352 e. The van der Waals surface area contributed by atoms with E-state index in [1.165, 1.54) is 6.92 Å². The molecule has 0 fully saturated rings. The average Bonchev–Trinajstić information content (AvgIpc) is 2.54. The molecule has 5 nitrogen and oxygen atoms in total. The van der Waals surface area contributed by atoms with Gasteiger partial charge in [0, 0.05) is 24.2 Å². The van der Waals surface area contributed by atoms with Crippen molar-refractivity contribution >= 4 is 23.2 Å². The molecule has 1 aromatic carbocycles.